The number of Topliss-reactive ketones (excluding diaryl/α,β-unsaturated/α-hetero) is 1. The highest BCUT2D eigenvalue weighted by molar-refractivity contribution is 9.10. The van der Waals surface area contributed by atoms with Crippen molar-refractivity contribution >= 4 is 35.8 Å². The van der Waals surface area contributed by atoms with Crippen LogP contribution >= 0.6 is 15.9 Å². The van der Waals surface area contributed by atoms with Crippen LogP contribution in [-0.2, 0) is 6.42 Å². The quantitative estimate of drug-likeness (QED) is 0.653. The normalized spacial score (nSPS) is 13.9. The van der Waals surface area contributed by atoms with Crippen LogP contribution in [0.2, 0.25) is 19.6 Å². The fourth-order valence-electron chi connectivity index (χ4n) is 2.90. The smallest absolute Gasteiger partial charge is 0.242 e. The summed E-state index contributed by atoms with van der Waals surface area (Å²) in [5, 5.41) is 3.11. The number of allylic oxidation sites excluding steroid dienone is 2. The van der Waals surface area contributed by atoms with Crippen molar-refractivity contribution in [1.82, 2.24) is 5.32 Å². The van der Waals surface area contributed by atoms with Gasteiger partial charge in [0.1, 0.15) is 5.75 Å². The van der Waals surface area contributed by atoms with Crippen molar-refractivity contribution in [3.05, 3.63) is 75.4 Å². The molecule has 6 heteroatoms. The summed E-state index contributed by atoms with van der Waals surface area (Å²) >= 11 is 3.57. The number of rotatable bonds is 6. The minimum absolute atomic E-state index is 0.134. The van der Waals surface area contributed by atoms with E-state index < -0.39 is 8.32 Å². The van der Waals surface area contributed by atoms with Crippen LogP contribution in [0.4, 0.5) is 0 Å². The molecule has 0 atom stereocenters. The van der Waals surface area contributed by atoms with Crippen LogP contribution in [0.5, 0.6) is 5.75 Å². The molecule has 0 aliphatic heterocycles. The molecule has 2 aromatic carbocycles. The number of halogens is 1. The third-order valence-electron chi connectivity index (χ3n) is 4.10. The summed E-state index contributed by atoms with van der Waals surface area (Å²) in [5.41, 5.74) is 2.40. The van der Waals surface area contributed by atoms with E-state index in [4.69, 9.17) is 4.43 Å². The molecule has 27 heavy (non-hydrogen) atoms. The third kappa shape index (κ3) is 4.76. The van der Waals surface area contributed by atoms with Gasteiger partial charge in [-0.2, -0.15) is 0 Å². The number of carbonyl (C=O) groups is 2. The van der Waals surface area contributed by atoms with Crippen molar-refractivity contribution in [3.8, 4) is 5.75 Å². The predicted octanol–water partition coefficient (Wildman–Crippen LogP) is 4.76. The SMILES string of the molecule is C[Si](C)(C)Oc1ccc(CCNC2=CC(=O)c3ccccc3C2=O)cc1Br. The Morgan fingerprint density at radius 1 is 1.04 bits per heavy atom. The third-order valence-corrected chi connectivity index (χ3v) is 5.55. The molecule has 0 aromatic heterocycles. The molecule has 3 rings (SSSR count). The molecule has 1 aliphatic rings. The number of hydrogen-bond acceptors (Lipinski definition) is 4. The van der Waals surface area contributed by atoms with Gasteiger partial charge in [0.15, 0.2) is 5.78 Å². The maximum absolute atomic E-state index is 12.5. The van der Waals surface area contributed by atoms with Crippen LogP contribution < -0.4 is 9.74 Å². The first-order chi connectivity index (χ1) is 12.7. The monoisotopic (exact) mass is 443 g/mol. The van der Waals surface area contributed by atoms with E-state index in [2.05, 4.69) is 40.9 Å². The summed E-state index contributed by atoms with van der Waals surface area (Å²) in [6.07, 6.45) is 2.12. The lowest BCUT2D eigenvalue weighted by Gasteiger charge is -2.20. The molecule has 1 N–H and O–H groups in total. The second kappa shape index (κ2) is 7.82. The summed E-state index contributed by atoms with van der Waals surface area (Å²) in [6.45, 7) is 7.00. The van der Waals surface area contributed by atoms with Crippen LogP contribution in [0.1, 0.15) is 26.3 Å². The zero-order valence-electron chi connectivity index (χ0n) is 15.6. The van der Waals surface area contributed by atoms with E-state index in [0.29, 0.717) is 23.4 Å². The summed E-state index contributed by atoms with van der Waals surface area (Å²) in [4.78, 5) is 24.7. The topological polar surface area (TPSA) is 55.4 Å². The second-order valence-electron chi connectivity index (χ2n) is 7.45. The largest absolute Gasteiger partial charge is 0.544 e. The van der Waals surface area contributed by atoms with E-state index in [1.165, 1.54) is 6.08 Å². The lowest BCUT2D eigenvalue weighted by Crippen LogP contribution is -2.29. The molecule has 0 heterocycles. The number of fused-ring (bicyclic) bond motifs is 1. The number of ketones is 2. The summed E-state index contributed by atoms with van der Waals surface area (Å²) < 4.78 is 6.96. The van der Waals surface area contributed by atoms with Gasteiger partial charge < -0.3 is 9.74 Å². The Morgan fingerprint density at radius 2 is 1.74 bits per heavy atom. The van der Waals surface area contributed by atoms with E-state index in [0.717, 1.165) is 22.2 Å². The van der Waals surface area contributed by atoms with Gasteiger partial charge in [-0.15, -0.1) is 0 Å². The molecule has 140 valence electrons. The lowest BCUT2D eigenvalue weighted by molar-refractivity contribution is 0.0978. The Labute approximate surface area is 168 Å². The van der Waals surface area contributed by atoms with Crippen LogP contribution in [-0.4, -0.2) is 26.4 Å². The Hall–Kier alpha value is -2.18. The maximum atomic E-state index is 12.5. The van der Waals surface area contributed by atoms with Gasteiger partial charge in [0.2, 0.25) is 14.1 Å². The Balaban J connectivity index is 1.63. The minimum Gasteiger partial charge on any atom is -0.544 e. The van der Waals surface area contributed by atoms with Crippen LogP contribution in [0.3, 0.4) is 0 Å². The molecule has 0 saturated carbocycles. The molecule has 0 spiro atoms. The fourth-order valence-corrected chi connectivity index (χ4v) is 4.40. The zero-order chi connectivity index (χ0) is 19.6. The van der Waals surface area contributed by atoms with Crippen LogP contribution in [0, 0.1) is 0 Å². The Morgan fingerprint density at radius 3 is 2.41 bits per heavy atom. The average Bonchev–Trinajstić information content (AvgIpc) is 2.60. The first-order valence-electron chi connectivity index (χ1n) is 8.86. The predicted molar refractivity (Wildman–Crippen MR) is 113 cm³/mol. The van der Waals surface area contributed by atoms with E-state index in [-0.39, 0.29) is 11.6 Å². The zero-order valence-corrected chi connectivity index (χ0v) is 18.2. The van der Waals surface area contributed by atoms with Crippen molar-refractivity contribution in [1.29, 1.82) is 0 Å². The molecule has 0 amide bonds. The minimum atomic E-state index is -1.66. The average molecular weight is 444 g/mol. The molecule has 0 bridgehead atoms. The van der Waals surface area contributed by atoms with Crippen molar-refractivity contribution in [3.63, 3.8) is 0 Å². The van der Waals surface area contributed by atoms with E-state index in [9.17, 15) is 9.59 Å². The van der Waals surface area contributed by atoms with Gasteiger partial charge >= 0.3 is 0 Å². The molecule has 0 fully saturated rings. The molecular formula is C21H22BrNO3Si. The molecule has 0 saturated heterocycles. The van der Waals surface area contributed by atoms with Gasteiger partial charge in [0, 0.05) is 23.7 Å². The van der Waals surface area contributed by atoms with Crippen molar-refractivity contribution in [2.75, 3.05) is 6.54 Å². The van der Waals surface area contributed by atoms with Gasteiger partial charge in [-0.3, -0.25) is 9.59 Å². The Kier molecular flexibility index (Phi) is 5.67. The van der Waals surface area contributed by atoms with Crippen molar-refractivity contribution < 1.29 is 14.0 Å². The molecule has 1 aliphatic carbocycles. The molecule has 2 aromatic rings. The first kappa shape index (κ1) is 19.6. The maximum Gasteiger partial charge on any atom is 0.242 e. The van der Waals surface area contributed by atoms with Crippen LogP contribution in [0.25, 0.3) is 0 Å². The van der Waals surface area contributed by atoms with E-state index in [1.54, 1.807) is 24.3 Å². The number of carbonyl (C=O) groups excluding carboxylic acids is 2. The standard InChI is InChI=1S/C21H22BrNO3Si/c1-27(2,3)26-20-9-8-14(12-17(20)22)10-11-23-18-13-19(24)15-6-4-5-7-16(15)21(18)25/h4-9,12-13,23H,10-11H2,1-3H3. The summed E-state index contributed by atoms with van der Waals surface area (Å²) in [6, 6.07) is 13.0. The highest BCUT2D eigenvalue weighted by Gasteiger charge is 2.24. The molecular weight excluding hydrogens is 422 g/mol. The number of hydrogen-bond donors (Lipinski definition) is 1. The van der Waals surface area contributed by atoms with Crippen LogP contribution in [0.15, 0.2) is 58.7 Å². The van der Waals surface area contributed by atoms with E-state index in [1.807, 2.05) is 18.2 Å². The van der Waals surface area contributed by atoms with Gasteiger partial charge in [0.25, 0.3) is 0 Å². The van der Waals surface area contributed by atoms with Crippen molar-refractivity contribution in [2.24, 2.45) is 0 Å². The van der Waals surface area contributed by atoms with E-state index >= 15 is 0 Å². The number of nitrogens with one attached hydrogen (secondary N) is 1. The number of benzene rings is 2. The lowest BCUT2D eigenvalue weighted by atomic mass is 9.92. The van der Waals surface area contributed by atoms with Gasteiger partial charge in [-0.1, -0.05) is 30.3 Å². The second-order valence-corrected chi connectivity index (χ2v) is 12.7. The van der Waals surface area contributed by atoms with Gasteiger partial charge in [0.05, 0.1) is 10.2 Å². The molecule has 0 radical (unpaired) electrons. The Bertz CT molecular complexity index is 931. The highest BCUT2D eigenvalue weighted by atomic mass is 79.9. The summed E-state index contributed by atoms with van der Waals surface area (Å²) in [7, 11) is -1.66. The fraction of sp³-hybridized carbons (Fsp3) is 0.238. The van der Waals surface area contributed by atoms with Gasteiger partial charge in [-0.25, -0.2) is 0 Å². The van der Waals surface area contributed by atoms with Crippen molar-refractivity contribution in [2.45, 2.75) is 26.1 Å². The first-order valence-corrected chi connectivity index (χ1v) is 13.1. The summed E-state index contributed by atoms with van der Waals surface area (Å²) in [5.74, 6) is 0.590. The molecule has 4 nitrogen and oxygen atoms in total. The highest BCUT2D eigenvalue weighted by Crippen LogP contribution is 2.28. The molecule has 0 unspecified atom stereocenters. The van der Waals surface area contributed by atoms with Gasteiger partial charge in [-0.05, 0) is 59.7 Å².